The highest BCUT2D eigenvalue weighted by Gasteiger charge is 2.43. The van der Waals surface area contributed by atoms with E-state index in [4.69, 9.17) is 5.73 Å². The second-order valence-corrected chi connectivity index (χ2v) is 8.46. The third-order valence-electron chi connectivity index (χ3n) is 6.23. The average molecular weight is 281 g/mol. The molecule has 0 heterocycles. The van der Waals surface area contributed by atoms with Gasteiger partial charge in [-0.2, -0.15) is 0 Å². The van der Waals surface area contributed by atoms with Crippen LogP contribution in [0.5, 0.6) is 0 Å². The van der Waals surface area contributed by atoms with Crippen molar-refractivity contribution in [1.29, 1.82) is 0 Å². The molecule has 20 heavy (non-hydrogen) atoms. The van der Waals surface area contributed by atoms with E-state index in [0.717, 1.165) is 17.9 Å². The van der Waals surface area contributed by atoms with Crippen LogP contribution in [0, 0.1) is 23.2 Å². The summed E-state index contributed by atoms with van der Waals surface area (Å²) in [4.78, 5) is 2.80. The molecule has 0 saturated heterocycles. The van der Waals surface area contributed by atoms with Gasteiger partial charge in [0.25, 0.3) is 0 Å². The van der Waals surface area contributed by atoms with Crippen molar-refractivity contribution in [3.05, 3.63) is 0 Å². The van der Waals surface area contributed by atoms with Gasteiger partial charge in [0.2, 0.25) is 0 Å². The van der Waals surface area contributed by atoms with Crippen molar-refractivity contribution < 1.29 is 0 Å². The summed E-state index contributed by atoms with van der Waals surface area (Å²) in [5, 5.41) is 0. The van der Waals surface area contributed by atoms with Crippen LogP contribution in [0.1, 0.15) is 66.7 Å². The Morgan fingerprint density at radius 1 is 1.15 bits per heavy atom. The third-order valence-corrected chi connectivity index (χ3v) is 6.23. The number of hydrogen-bond donors (Lipinski definition) is 1. The van der Waals surface area contributed by atoms with Crippen molar-refractivity contribution in [3.63, 3.8) is 0 Å². The van der Waals surface area contributed by atoms with Gasteiger partial charge in [0.15, 0.2) is 0 Å². The van der Waals surface area contributed by atoms with Crippen LogP contribution in [0.15, 0.2) is 0 Å². The van der Waals surface area contributed by atoms with Crippen LogP contribution in [0.2, 0.25) is 0 Å². The normalized spacial score (nSPS) is 33.9. The van der Waals surface area contributed by atoms with Crippen molar-refractivity contribution in [2.75, 3.05) is 13.1 Å². The topological polar surface area (TPSA) is 29.3 Å². The van der Waals surface area contributed by atoms with E-state index in [1.54, 1.807) is 0 Å². The summed E-state index contributed by atoms with van der Waals surface area (Å²) in [6, 6.07) is 1.31. The molecule has 2 nitrogen and oxygen atoms in total. The molecule has 2 heteroatoms. The quantitative estimate of drug-likeness (QED) is 0.799. The minimum Gasteiger partial charge on any atom is -0.327 e. The van der Waals surface area contributed by atoms with Crippen LogP contribution >= 0.6 is 0 Å². The first-order valence-corrected chi connectivity index (χ1v) is 8.82. The highest BCUT2D eigenvalue weighted by atomic mass is 15.2. The molecule has 2 rings (SSSR count). The van der Waals surface area contributed by atoms with Gasteiger partial charge in [-0.15, -0.1) is 0 Å². The smallest absolute Gasteiger partial charge is 0.00965 e. The molecule has 0 amide bonds. The molecule has 2 aliphatic carbocycles. The molecule has 0 radical (unpaired) electrons. The Kier molecular flexibility index (Phi) is 5.18. The van der Waals surface area contributed by atoms with Crippen molar-refractivity contribution >= 4 is 0 Å². The zero-order valence-electron chi connectivity index (χ0n) is 14.4. The van der Waals surface area contributed by atoms with Gasteiger partial charge in [-0.1, -0.05) is 34.6 Å². The summed E-state index contributed by atoms with van der Waals surface area (Å²) in [7, 11) is 0. The summed E-state index contributed by atoms with van der Waals surface area (Å²) in [5.74, 6) is 2.29. The summed E-state index contributed by atoms with van der Waals surface area (Å²) < 4.78 is 0. The lowest BCUT2D eigenvalue weighted by atomic mass is 9.61. The molecule has 2 saturated carbocycles. The van der Waals surface area contributed by atoms with E-state index in [9.17, 15) is 0 Å². The molecule has 0 aromatic rings. The van der Waals surface area contributed by atoms with Crippen molar-refractivity contribution in [3.8, 4) is 0 Å². The van der Waals surface area contributed by atoms with Crippen LogP contribution in [-0.2, 0) is 0 Å². The molecular formula is C18H36N2. The fourth-order valence-corrected chi connectivity index (χ4v) is 3.84. The zero-order valence-corrected chi connectivity index (χ0v) is 14.4. The van der Waals surface area contributed by atoms with Gasteiger partial charge in [-0.25, -0.2) is 0 Å². The van der Waals surface area contributed by atoms with Gasteiger partial charge in [-0.05, 0) is 61.8 Å². The number of nitrogens with two attached hydrogens (primary N) is 1. The zero-order chi connectivity index (χ0) is 14.9. The Labute approximate surface area is 126 Å². The number of rotatable bonds is 6. The first kappa shape index (κ1) is 16.3. The van der Waals surface area contributed by atoms with E-state index in [-0.39, 0.29) is 0 Å². The highest BCUT2D eigenvalue weighted by Crippen LogP contribution is 2.45. The Balaban J connectivity index is 1.95. The summed E-state index contributed by atoms with van der Waals surface area (Å²) in [5.41, 5.74) is 6.70. The van der Waals surface area contributed by atoms with Crippen LogP contribution < -0.4 is 5.73 Å². The van der Waals surface area contributed by atoms with E-state index in [0.29, 0.717) is 17.4 Å². The van der Waals surface area contributed by atoms with Gasteiger partial charge in [0.1, 0.15) is 0 Å². The van der Waals surface area contributed by atoms with Gasteiger partial charge < -0.3 is 10.6 Å². The van der Waals surface area contributed by atoms with Crippen LogP contribution in [-0.4, -0.2) is 30.1 Å². The van der Waals surface area contributed by atoms with Crippen molar-refractivity contribution in [2.24, 2.45) is 28.9 Å². The molecule has 2 N–H and O–H groups in total. The maximum absolute atomic E-state index is 6.30. The first-order chi connectivity index (χ1) is 9.32. The molecule has 0 aromatic carbocycles. The second kappa shape index (κ2) is 6.36. The monoisotopic (exact) mass is 280 g/mol. The highest BCUT2D eigenvalue weighted by molar-refractivity contribution is 4.96. The van der Waals surface area contributed by atoms with E-state index in [1.807, 2.05) is 0 Å². The lowest BCUT2D eigenvalue weighted by Crippen LogP contribution is -2.50. The molecule has 0 aliphatic heterocycles. The Morgan fingerprint density at radius 3 is 2.35 bits per heavy atom. The molecule has 2 fully saturated rings. The summed E-state index contributed by atoms with van der Waals surface area (Å²) in [6.07, 6.45) is 6.75. The molecule has 118 valence electrons. The molecule has 0 aromatic heterocycles. The van der Waals surface area contributed by atoms with E-state index in [2.05, 4.69) is 39.5 Å². The Hall–Kier alpha value is -0.0800. The Bertz CT molecular complexity index is 307. The number of nitrogens with zero attached hydrogens (tertiary/aromatic N) is 1. The molecular weight excluding hydrogens is 244 g/mol. The van der Waals surface area contributed by atoms with Gasteiger partial charge in [-0.3, -0.25) is 0 Å². The molecule has 0 bridgehead atoms. The minimum absolute atomic E-state index is 0.392. The maximum atomic E-state index is 6.30. The standard InChI is InChI=1S/C18H36N2/c1-13(2)10-11-20(16-7-8-16)12-15-6-9-17(19)14(3)18(15,4)5/h13-17H,6-12,19H2,1-5H3. The van der Waals surface area contributed by atoms with Crippen molar-refractivity contribution in [1.82, 2.24) is 4.90 Å². The largest absolute Gasteiger partial charge is 0.327 e. The SMILES string of the molecule is CC(C)CCN(CC1CCC(N)C(C)C1(C)C)C1CC1. The average Bonchev–Trinajstić information content (AvgIpc) is 3.18. The number of hydrogen-bond acceptors (Lipinski definition) is 2. The maximum Gasteiger partial charge on any atom is 0.00965 e. The molecule has 3 unspecified atom stereocenters. The summed E-state index contributed by atoms with van der Waals surface area (Å²) in [6.45, 7) is 14.6. The van der Waals surface area contributed by atoms with E-state index < -0.39 is 0 Å². The third kappa shape index (κ3) is 3.76. The van der Waals surface area contributed by atoms with Crippen molar-refractivity contribution in [2.45, 2.75) is 78.8 Å². The van der Waals surface area contributed by atoms with Gasteiger partial charge in [0.05, 0.1) is 0 Å². The molecule has 3 atom stereocenters. The predicted octanol–water partition coefficient (Wildman–Crippen LogP) is 3.90. The Morgan fingerprint density at radius 2 is 1.80 bits per heavy atom. The molecule has 0 spiro atoms. The lowest BCUT2D eigenvalue weighted by molar-refractivity contribution is 0.0258. The van der Waals surface area contributed by atoms with E-state index >= 15 is 0 Å². The van der Waals surface area contributed by atoms with E-state index in [1.165, 1.54) is 45.2 Å². The minimum atomic E-state index is 0.392. The second-order valence-electron chi connectivity index (χ2n) is 8.46. The predicted molar refractivity (Wildman–Crippen MR) is 87.7 cm³/mol. The first-order valence-electron chi connectivity index (χ1n) is 8.82. The fourth-order valence-electron chi connectivity index (χ4n) is 3.84. The van der Waals surface area contributed by atoms with Crippen LogP contribution in [0.25, 0.3) is 0 Å². The lowest BCUT2D eigenvalue weighted by Gasteiger charge is -2.48. The molecule has 2 aliphatic rings. The van der Waals surface area contributed by atoms with Crippen LogP contribution in [0.3, 0.4) is 0 Å². The fraction of sp³-hybridized carbons (Fsp3) is 1.00. The van der Waals surface area contributed by atoms with Gasteiger partial charge in [0, 0.05) is 18.6 Å². The summed E-state index contributed by atoms with van der Waals surface area (Å²) >= 11 is 0. The van der Waals surface area contributed by atoms with Crippen LogP contribution in [0.4, 0.5) is 0 Å². The van der Waals surface area contributed by atoms with Gasteiger partial charge >= 0.3 is 0 Å².